The molecule has 0 bridgehead atoms. The minimum Gasteiger partial charge on any atom is -1.00 e. The summed E-state index contributed by atoms with van der Waals surface area (Å²) in [5.74, 6) is 0. The summed E-state index contributed by atoms with van der Waals surface area (Å²) in [4.78, 5) is 0. The van der Waals surface area contributed by atoms with Crippen molar-refractivity contribution < 1.29 is 31.1 Å². The van der Waals surface area contributed by atoms with Crippen LogP contribution in [-0.2, 0) is 21.7 Å². The molecule has 0 spiro atoms. The summed E-state index contributed by atoms with van der Waals surface area (Å²) < 4.78 is 0. The maximum atomic E-state index is 2.31. The van der Waals surface area contributed by atoms with Crippen LogP contribution in [0.1, 0.15) is 33.4 Å². The summed E-state index contributed by atoms with van der Waals surface area (Å²) in [6.07, 6.45) is 0. The van der Waals surface area contributed by atoms with Gasteiger partial charge in [-0.25, -0.2) is 0 Å². The molecule has 0 heterocycles. The van der Waals surface area contributed by atoms with Crippen LogP contribution in [0.5, 0.6) is 0 Å². The third-order valence-electron chi connectivity index (χ3n) is 5.85. The minimum atomic E-state index is 0. The first-order valence-electron chi connectivity index (χ1n) is 9.56. The molecule has 0 aliphatic rings. The first-order valence-corrected chi connectivity index (χ1v) is 10.6. The van der Waals surface area contributed by atoms with Gasteiger partial charge in [0, 0.05) is 0 Å². The Labute approximate surface area is 196 Å². The molecule has 0 amide bonds. The van der Waals surface area contributed by atoms with Crippen LogP contribution in [-0.4, -0.2) is 0 Å². The monoisotopic (exact) mass is 458 g/mol. The van der Waals surface area contributed by atoms with Crippen molar-refractivity contribution in [2.45, 2.75) is 41.5 Å². The summed E-state index contributed by atoms with van der Waals surface area (Å²) in [7, 11) is 0.759. The number of halogens is 2. The molecule has 0 aliphatic heterocycles. The normalized spacial score (nSPS) is 10.1. The van der Waals surface area contributed by atoms with Crippen LogP contribution in [0.25, 0.3) is 10.8 Å². The zero-order valence-electron chi connectivity index (χ0n) is 18.5. The third-order valence-corrected chi connectivity index (χ3v) is 7.26. The van der Waals surface area contributed by atoms with Crippen molar-refractivity contribution in [3.05, 3.63) is 94.0 Å². The second kappa shape index (κ2) is 12.3. The number of hydrogen-bond acceptors (Lipinski definition) is 0. The van der Waals surface area contributed by atoms with Gasteiger partial charge in [0.05, 0.1) is 0 Å². The summed E-state index contributed by atoms with van der Waals surface area (Å²) in [6.45, 7) is 13.2. The standard InChI is InChI=1S/C16H14P.C10H15.2FH.Ti/c1-12-6-2-5-9-16(12)17-15-10-13-7-3-4-8-14(13)11-15;1-6-7(2)9(4)10(5)8(6)3;;;/h2-11,17H,1H3;1-5H3;2*1H;/q2*-1;;;+4/p-2. The van der Waals surface area contributed by atoms with E-state index < -0.39 is 0 Å². The van der Waals surface area contributed by atoms with Gasteiger partial charge < -0.3 is 9.41 Å². The van der Waals surface area contributed by atoms with E-state index >= 15 is 0 Å². The molecule has 0 N–H and O–H groups in total. The molecular weight excluding hydrogens is 429 g/mol. The Bertz CT molecular complexity index is 963. The molecule has 4 rings (SSSR count). The first-order chi connectivity index (χ1) is 12.9. The number of benzene rings is 2. The van der Waals surface area contributed by atoms with Gasteiger partial charge in [0.1, 0.15) is 0 Å². The van der Waals surface area contributed by atoms with Gasteiger partial charge in [-0.1, -0.05) is 73.5 Å². The number of aryl methyl sites for hydroxylation is 1. The van der Waals surface area contributed by atoms with E-state index in [1.807, 2.05) is 0 Å². The van der Waals surface area contributed by atoms with Gasteiger partial charge in [0.2, 0.25) is 0 Å². The van der Waals surface area contributed by atoms with Crippen LogP contribution in [0.2, 0.25) is 0 Å². The average Bonchev–Trinajstić information content (AvgIpc) is 3.15. The fraction of sp³-hybridized carbons (Fsp3) is 0.231. The average molecular weight is 458 g/mol. The van der Waals surface area contributed by atoms with Gasteiger partial charge in [0.15, 0.2) is 0 Å². The maximum Gasteiger partial charge on any atom is 4.00 e. The molecule has 4 aromatic carbocycles. The molecule has 0 nitrogen and oxygen atoms in total. The number of hydrogen-bond donors (Lipinski definition) is 0. The predicted molar refractivity (Wildman–Crippen MR) is 124 cm³/mol. The molecule has 1 atom stereocenters. The van der Waals surface area contributed by atoms with Crippen LogP contribution in [0.15, 0.2) is 60.7 Å². The van der Waals surface area contributed by atoms with Gasteiger partial charge in [-0.15, -0.1) is 40.3 Å². The molecule has 0 saturated carbocycles. The topological polar surface area (TPSA) is 0 Å². The molecule has 0 aromatic heterocycles. The van der Waals surface area contributed by atoms with Crippen LogP contribution >= 0.6 is 8.58 Å². The molecular formula is C26H29F2PTi. The molecule has 4 heteroatoms. The number of rotatable bonds is 2. The third kappa shape index (κ3) is 6.21. The summed E-state index contributed by atoms with van der Waals surface area (Å²) in [5, 5.41) is 5.58. The predicted octanol–water partition coefficient (Wildman–Crippen LogP) is 0.450. The van der Waals surface area contributed by atoms with Gasteiger partial charge in [-0.2, -0.15) is 33.9 Å². The molecule has 30 heavy (non-hydrogen) atoms. The van der Waals surface area contributed by atoms with Crippen molar-refractivity contribution in [1.82, 2.24) is 0 Å². The molecule has 0 saturated heterocycles. The second-order valence-corrected chi connectivity index (χ2v) is 8.80. The van der Waals surface area contributed by atoms with E-state index in [0.717, 1.165) is 8.58 Å². The van der Waals surface area contributed by atoms with Crippen molar-refractivity contribution in [2.24, 2.45) is 0 Å². The summed E-state index contributed by atoms with van der Waals surface area (Å²) in [6, 6.07) is 21.8. The van der Waals surface area contributed by atoms with Crippen LogP contribution in [0.3, 0.4) is 0 Å². The Morgan fingerprint density at radius 3 is 1.80 bits per heavy atom. The maximum absolute atomic E-state index is 2.31. The summed E-state index contributed by atoms with van der Waals surface area (Å²) in [5.41, 5.74) is 8.72. The van der Waals surface area contributed by atoms with Gasteiger partial charge in [-0.3, -0.25) is 0 Å². The van der Waals surface area contributed by atoms with Crippen molar-refractivity contribution in [3.8, 4) is 0 Å². The van der Waals surface area contributed by atoms with Crippen molar-refractivity contribution in [3.63, 3.8) is 0 Å². The van der Waals surface area contributed by atoms with E-state index in [9.17, 15) is 0 Å². The fourth-order valence-corrected chi connectivity index (χ4v) is 4.72. The Balaban J connectivity index is 0.000000569. The quantitative estimate of drug-likeness (QED) is 0.233. The zero-order valence-corrected chi connectivity index (χ0v) is 21.1. The van der Waals surface area contributed by atoms with Crippen LogP contribution in [0.4, 0.5) is 0 Å². The van der Waals surface area contributed by atoms with Gasteiger partial charge in [-0.05, 0) is 17.8 Å². The largest absolute Gasteiger partial charge is 4.00 e. The van der Waals surface area contributed by atoms with E-state index in [0.29, 0.717) is 0 Å². The Kier molecular flexibility index (Phi) is 11.7. The van der Waals surface area contributed by atoms with Crippen LogP contribution in [0, 0.1) is 41.5 Å². The minimum absolute atomic E-state index is 0. The smallest absolute Gasteiger partial charge is 1.00 e. The first kappa shape index (κ1) is 28.4. The van der Waals surface area contributed by atoms with Crippen molar-refractivity contribution >= 4 is 30.0 Å². The van der Waals surface area contributed by atoms with E-state index in [2.05, 4.69) is 102 Å². The SMILES string of the molecule is Cc1c(C)c(C)[c-](C)c1C.Cc1ccccc1Pc1cc2ccccc2[cH-]1.[F-].[F-].[Ti+4]. The van der Waals surface area contributed by atoms with E-state index in [1.54, 1.807) is 0 Å². The summed E-state index contributed by atoms with van der Waals surface area (Å²) >= 11 is 0. The van der Waals surface area contributed by atoms with E-state index in [-0.39, 0.29) is 31.1 Å². The fourth-order valence-electron chi connectivity index (χ4n) is 3.50. The number of fused-ring (bicyclic) bond motifs is 1. The molecule has 1 unspecified atom stereocenters. The molecule has 0 fully saturated rings. The second-order valence-electron chi connectivity index (χ2n) is 7.44. The molecule has 4 aromatic rings. The Morgan fingerprint density at radius 1 is 0.767 bits per heavy atom. The molecule has 0 radical (unpaired) electrons. The Hall–Kier alpha value is -1.60. The van der Waals surface area contributed by atoms with Gasteiger partial charge in [0.25, 0.3) is 0 Å². The van der Waals surface area contributed by atoms with Crippen molar-refractivity contribution in [1.29, 1.82) is 0 Å². The molecule has 156 valence electrons. The van der Waals surface area contributed by atoms with Gasteiger partial charge >= 0.3 is 21.7 Å². The van der Waals surface area contributed by atoms with E-state index in [4.69, 9.17) is 0 Å². The van der Waals surface area contributed by atoms with E-state index in [1.165, 1.54) is 54.8 Å². The van der Waals surface area contributed by atoms with Crippen molar-refractivity contribution in [2.75, 3.05) is 0 Å². The molecule has 0 aliphatic carbocycles. The Morgan fingerprint density at radius 2 is 1.30 bits per heavy atom. The van der Waals surface area contributed by atoms with Crippen LogP contribution < -0.4 is 20.0 Å². The zero-order chi connectivity index (χ0) is 19.6.